The van der Waals surface area contributed by atoms with Crippen molar-refractivity contribution in [2.75, 3.05) is 0 Å². The average molecular weight is 408 g/mol. The van der Waals surface area contributed by atoms with Gasteiger partial charge in [-0.05, 0) is 30.3 Å². The Morgan fingerprint density at radius 1 is 0.903 bits per heavy atom. The summed E-state index contributed by atoms with van der Waals surface area (Å²) in [7, 11) is 0. The number of aromatic hydroxyl groups is 1. The molecule has 0 aliphatic carbocycles. The summed E-state index contributed by atoms with van der Waals surface area (Å²) in [6.45, 7) is 0. The lowest BCUT2D eigenvalue weighted by Crippen LogP contribution is -1.93. The zero-order valence-corrected chi connectivity index (χ0v) is 16.2. The van der Waals surface area contributed by atoms with E-state index in [1.165, 1.54) is 0 Å². The largest absolute Gasteiger partial charge is 0.493 e. The molecule has 0 aliphatic heterocycles. The van der Waals surface area contributed by atoms with E-state index in [1.54, 1.807) is 42.6 Å². The second-order valence-corrected chi connectivity index (χ2v) is 6.85. The number of benzene rings is 3. The molecule has 0 bridgehead atoms. The molecule has 31 heavy (non-hydrogen) atoms. The Kier molecular flexibility index (Phi) is 4.61. The predicted molar refractivity (Wildman–Crippen MR) is 116 cm³/mol. The summed E-state index contributed by atoms with van der Waals surface area (Å²) in [5, 5.41) is 18.4. The molecule has 0 spiro atoms. The maximum Gasteiger partial charge on any atom is 0.295 e. The summed E-state index contributed by atoms with van der Waals surface area (Å²) in [6, 6.07) is 23.7. The molecule has 0 radical (unpaired) electrons. The first-order valence-corrected chi connectivity index (χ1v) is 9.56. The summed E-state index contributed by atoms with van der Waals surface area (Å²) in [4.78, 5) is 19.6. The molecule has 0 saturated heterocycles. The highest BCUT2D eigenvalue weighted by molar-refractivity contribution is 5.97. The highest BCUT2D eigenvalue weighted by Crippen LogP contribution is 2.35. The van der Waals surface area contributed by atoms with Crippen LogP contribution < -0.4 is 0 Å². The second-order valence-electron chi connectivity index (χ2n) is 6.85. The van der Waals surface area contributed by atoms with E-state index in [2.05, 4.69) is 20.2 Å². The van der Waals surface area contributed by atoms with E-state index in [9.17, 15) is 9.90 Å². The number of amides is 1. The number of hydrogen-bond acceptors (Lipinski definition) is 5. The van der Waals surface area contributed by atoms with Crippen molar-refractivity contribution in [1.82, 2.24) is 9.97 Å². The average Bonchev–Trinajstić information content (AvgIpc) is 3.43. The third-order valence-electron chi connectivity index (χ3n) is 4.84. The molecule has 0 atom stereocenters. The third kappa shape index (κ3) is 3.60. The van der Waals surface area contributed by atoms with Crippen LogP contribution in [0.1, 0.15) is 10.4 Å². The van der Waals surface area contributed by atoms with Crippen LogP contribution in [-0.2, 0) is 0 Å². The molecule has 0 unspecified atom stereocenters. The van der Waals surface area contributed by atoms with Gasteiger partial charge in [0.2, 0.25) is 11.8 Å². The monoisotopic (exact) mass is 408 g/mol. The van der Waals surface area contributed by atoms with Gasteiger partial charge in [0, 0.05) is 22.1 Å². The van der Waals surface area contributed by atoms with Crippen LogP contribution in [0, 0.1) is 0 Å². The first-order chi connectivity index (χ1) is 15.2. The standard InChI is InChI=1S/C24H16N4O3/c29-22(28-27-21-18-8-4-5-9-19(18)26-23(21)30)16-10-12-17(13-11-16)24-25-14-20(31-24)15-6-2-1-3-7-15/h1-14,26,30H. The Morgan fingerprint density at radius 3 is 2.45 bits per heavy atom. The fourth-order valence-corrected chi connectivity index (χ4v) is 3.27. The van der Waals surface area contributed by atoms with E-state index < -0.39 is 5.91 Å². The smallest absolute Gasteiger partial charge is 0.295 e. The van der Waals surface area contributed by atoms with Crippen molar-refractivity contribution in [2.24, 2.45) is 10.2 Å². The molecule has 7 nitrogen and oxygen atoms in total. The van der Waals surface area contributed by atoms with Gasteiger partial charge < -0.3 is 14.5 Å². The molecule has 1 amide bonds. The van der Waals surface area contributed by atoms with Crippen LogP contribution >= 0.6 is 0 Å². The molecule has 5 aromatic rings. The van der Waals surface area contributed by atoms with Crippen molar-refractivity contribution in [1.29, 1.82) is 0 Å². The number of hydrogen-bond donors (Lipinski definition) is 2. The molecule has 0 fully saturated rings. The Labute approximate surface area is 176 Å². The fraction of sp³-hybridized carbons (Fsp3) is 0. The van der Waals surface area contributed by atoms with Crippen LogP contribution in [0.2, 0.25) is 0 Å². The highest BCUT2D eigenvalue weighted by atomic mass is 16.4. The predicted octanol–water partition coefficient (Wildman–Crippen LogP) is 6.12. The zero-order valence-electron chi connectivity index (χ0n) is 16.2. The number of nitrogens with zero attached hydrogens (tertiary/aromatic N) is 3. The number of aromatic amines is 1. The van der Waals surface area contributed by atoms with Gasteiger partial charge in [-0.3, -0.25) is 4.79 Å². The maximum atomic E-state index is 12.4. The van der Waals surface area contributed by atoms with E-state index in [-0.39, 0.29) is 11.6 Å². The van der Waals surface area contributed by atoms with Crippen molar-refractivity contribution in [3.63, 3.8) is 0 Å². The molecular weight excluding hydrogens is 392 g/mol. The Bertz CT molecular complexity index is 1400. The van der Waals surface area contributed by atoms with Gasteiger partial charge in [0.25, 0.3) is 5.91 Å². The number of H-pyrrole nitrogens is 1. The Balaban J connectivity index is 1.35. The fourth-order valence-electron chi connectivity index (χ4n) is 3.27. The molecule has 5 rings (SSSR count). The van der Waals surface area contributed by atoms with Crippen molar-refractivity contribution >= 4 is 22.5 Å². The lowest BCUT2D eigenvalue weighted by Gasteiger charge is -1.99. The van der Waals surface area contributed by atoms with Gasteiger partial charge in [-0.15, -0.1) is 10.2 Å². The number of rotatable bonds is 4. The summed E-state index contributed by atoms with van der Waals surface area (Å²) in [5.41, 5.74) is 2.99. The summed E-state index contributed by atoms with van der Waals surface area (Å²) >= 11 is 0. The van der Waals surface area contributed by atoms with Gasteiger partial charge in [-0.25, -0.2) is 4.98 Å². The van der Waals surface area contributed by atoms with Crippen LogP contribution in [0.15, 0.2) is 99.7 Å². The van der Waals surface area contributed by atoms with Gasteiger partial charge in [-0.1, -0.05) is 48.5 Å². The molecule has 7 heteroatoms. The normalized spacial score (nSPS) is 11.4. The first-order valence-electron chi connectivity index (χ1n) is 9.56. The number of carbonyl (C=O) groups is 1. The van der Waals surface area contributed by atoms with Gasteiger partial charge in [0.15, 0.2) is 11.4 Å². The number of carbonyl (C=O) groups excluding carboxylic acids is 1. The first kappa shape index (κ1) is 18.5. The van der Waals surface area contributed by atoms with Crippen LogP contribution in [0.5, 0.6) is 5.88 Å². The highest BCUT2D eigenvalue weighted by Gasteiger charge is 2.12. The van der Waals surface area contributed by atoms with Crippen LogP contribution in [-0.4, -0.2) is 21.0 Å². The number of nitrogens with one attached hydrogen (secondary N) is 1. The Hall–Kier alpha value is -4.52. The van der Waals surface area contributed by atoms with Gasteiger partial charge in [-0.2, -0.15) is 0 Å². The van der Waals surface area contributed by atoms with Crippen molar-refractivity contribution in [3.8, 4) is 28.7 Å². The minimum absolute atomic E-state index is 0.133. The van der Waals surface area contributed by atoms with E-state index in [0.29, 0.717) is 28.1 Å². The minimum atomic E-state index is -0.520. The number of fused-ring (bicyclic) bond motifs is 1. The van der Waals surface area contributed by atoms with Crippen LogP contribution in [0.4, 0.5) is 5.69 Å². The van der Waals surface area contributed by atoms with E-state index >= 15 is 0 Å². The quantitative estimate of drug-likeness (QED) is 0.350. The summed E-state index contributed by atoms with van der Waals surface area (Å²) in [6.07, 6.45) is 1.67. The van der Waals surface area contributed by atoms with E-state index in [1.807, 2.05) is 42.5 Å². The topological polar surface area (TPSA) is 104 Å². The lowest BCUT2D eigenvalue weighted by atomic mass is 10.1. The molecule has 2 aromatic heterocycles. The molecule has 3 aromatic carbocycles. The van der Waals surface area contributed by atoms with Gasteiger partial charge >= 0.3 is 0 Å². The SMILES string of the molecule is O=C(N=Nc1c(O)[nH]c2ccccc12)c1ccc(-c2ncc(-c3ccccc3)o2)cc1. The van der Waals surface area contributed by atoms with E-state index in [4.69, 9.17) is 4.42 Å². The maximum absolute atomic E-state index is 12.4. The summed E-state index contributed by atoms with van der Waals surface area (Å²) < 4.78 is 5.84. The molecular formula is C24H16N4O3. The van der Waals surface area contributed by atoms with Crippen molar-refractivity contribution in [3.05, 3.63) is 90.6 Å². The molecule has 0 aliphatic rings. The molecule has 0 saturated carbocycles. The van der Waals surface area contributed by atoms with Crippen LogP contribution in [0.25, 0.3) is 33.7 Å². The Morgan fingerprint density at radius 2 is 1.65 bits per heavy atom. The van der Waals surface area contributed by atoms with E-state index in [0.717, 1.165) is 11.1 Å². The number of azo groups is 1. The van der Waals surface area contributed by atoms with Gasteiger partial charge in [0.1, 0.15) is 0 Å². The number of aromatic nitrogens is 2. The number of para-hydroxylation sites is 1. The van der Waals surface area contributed by atoms with Crippen LogP contribution in [0.3, 0.4) is 0 Å². The summed E-state index contributed by atoms with van der Waals surface area (Å²) in [5.74, 6) is 0.478. The minimum Gasteiger partial charge on any atom is -0.493 e. The molecule has 2 heterocycles. The van der Waals surface area contributed by atoms with Crippen molar-refractivity contribution < 1.29 is 14.3 Å². The second kappa shape index (κ2) is 7.72. The van der Waals surface area contributed by atoms with Crippen molar-refractivity contribution in [2.45, 2.75) is 0 Å². The zero-order chi connectivity index (χ0) is 21.2. The lowest BCUT2D eigenvalue weighted by molar-refractivity contribution is 0.0995. The molecule has 2 N–H and O–H groups in total. The van der Waals surface area contributed by atoms with Gasteiger partial charge in [0.05, 0.1) is 11.7 Å². The molecule has 150 valence electrons. The third-order valence-corrected chi connectivity index (χ3v) is 4.84. The number of oxazole rings is 1.